The summed E-state index contributed by atoms with van der Waals surface area (Å²) >= 11 is 1.55. The fourth-order valence-corrected chi connectivity index (χ4v) is 1.91. The van der Waals surface area contributed by atoms with E-state index in [4.69, 9.17) is 19.7 Å². The van der Waals surface area contributed by atoms with Crippen molar-refractivity contribution >= 4 is 11.8 Å². The van der Waals surface area contributed by atoms with E-state index in [9.17, 15) is 0 Å². The summed E-state index contributed by atoms with van der Waals surface area (Å²) in [4.78, 5) is 0. The van der Waals surface area contributed by atoms with Crippen molar-refractivity contribution in [2.45, 2.75) is 6.10 Å². The molecule has 0 saturated heterocycles. The fraction of sp³-hybridized carbons (Fsp3) is 0.500. The van der Waals surface area contributed by atoms with Gasteiger partial charge in [0.2, 0.25) is 0 Å². The number of hydrogen-bond donors (Lipinski definition) is 2. The van der Waals surface area contributed by atoms with Crippen LogP contribution in [0.1, 0.15) is 0 Å². The molecule has 0 fully saturated rings. The molecule has 0 aromatic heterocycles. The maximum absolute atomic E-state index is 9.11. The van der Waals surface area contributed by atoms with Gasteiger partial charge in [-0.1, -0.05) is 0 Å². The number of benzene rings is 1. The van der Waals surface area contributed by atoms with E-state index >= 15 is 0 Å². The molecule has 4 nitrogen and oxygen atoms in total. The standard InChI is InChI=1S/C12H18O4S/c1-15-11-2-4-12(5-3-11)16-6-7-17-9-10(14)8-13/h2-5,10,13-14H,6-9H2,1H3. The highest BCUT2D eigenvalue weighted by molar-refractivity contribution is 7.99. The molecule has 0 saturated carbocycles. The Morgan fingerprint density at radius 1 is 1.24 bits per heavy atom. The smallest absolute Gasteiger partial charge is 0.119 e. The average Bonchev–Trinajstić information content (AvgIpc) is 2.38. The van der Waals surface area contributed by atoms with E-state index in [0.29, 0.717) is 12.4 Å². The van der Waals surface area contributed by atoms with Crippen LogP contribution in [0.2, 0.25) is 0 Å². The van der Waals surface area contributed by atoms with Crippen LogP contribution in [0.3, 0.4) is 0 Å². The molecule has 1 atom stereocenters. The predicted molar refractivity (Wildman–Crippen MR) is 68.9 cm³/mol. The van der Waals surface area contributed by atoms with Gasteiger partial charge in [-0.15, -0.1) is 0 Å². The van der Waals surface area contributed by atoms with E-state index in [2.05, 4.69) is 0 Å². The Hall–Kier alpha value is -0.910. The number of rotatable bonds is 8. The first-order valence-electron chi connectivity index (χ1n) is 5.39. The number of thioether (sulfide) groups is 1. The van der Waals surface area contributed by atoms with Crippen LogP contribution in [0, 0.1) is 0 Å². The Labute approximate surface area is 106 Å². The molecule has 1 unspecified atom stereocenters. The van der Waals surface area contributed by atoms with Gasteiger partial charge in [0.1, 0.15) is 11.5 Å². The van der Waals surface area contributed by atoms with E-state index in [1.54, 1.807) is 18.9 Å². The lowest BCUT2D eigenvalue weighted by Crippen LogP contribution is -2.15. The zero-order valence-corrected chi connectivity index (χ0v) is 10.7. The minimum Gasteiger partial charge on any atom is -0.497 e. The van der Waals surface area contributed by atoms with Crippen LogP contribution in [-0.2, 0) is 0 Å². The monoisotopic (exact) mass is 258 g/mol. The second kappa shape index (κ2) is 8.22. The Balaban J connectivity index is 2.13. The van der Waals surface area contributed by atoms with Gasteiger partial charge in [-0.25, -0.2) is 0 Å². The van der Waals surface area contributed by atoms with E-state index < -0.39 is 6.10 Å². The van der Waals surface area contributed by atoms with E-state index in [1.165, 1.54) is 0 Å². The maximum atomic E-state index is 9.11. The predicted octanol–water partition coefficient (Wildman–Crippen LogP) is 1.16. The van der Waals surface area contributed by atoms with E-state index in [0.717, 1.165) is 17.3 Å². The number of hydrogen-bond acceptors (Lipinski definition) is 5. The van der Waals surface area contributed by atoms with Crippen molar-refractivity contribution < 1.29 is 19.7 Å². The summed E-state index contributed by atoms with van der Waals surface area (Å²) in [5, 5.41) is 17.7. The van der Waals surface area contributed by atoms with Gasteiger partial charge < -0.3 is 19.7 Å². The first kappa shape index (κ1) is 14.2. The molecule has 2 N–H and O–H groups in total. The van der Waals surface area contributed by atoms with Gasteiger partial charge in [0, 0.05) is 11.5 Å². The molecule has 0 amide bonds. The van der Waals surface area contributed by atoms with Crippen LogP contribution < -0.4 is 9.47 Å². The lowest BCUT2D eigenvalue weighted by molar-refractivity contribution is 0.113. The third-order valence-corrected chi connectivity index (χ3v) is 3.15. The molecule has 0 bridgehead atoms. The topological polar surface area (TPSA) is 58.9 Å². The van der Waals surface area contributed by atoms with Gasteiger partial charge in [-0.05, 0) is 24.3 Å². The highest BCUT2D eigenvalue weighted by Gasteiger charge is 2.01. The molecule has 1 aromatic rings. The van der Waals surface area contributed by atoms with Crippen LogP contribution in [0.25, 0.3) is 0 Å². The maximum Gasteiger partial charge on any atom is 0.119 e. The minimum atomic E-state index is -0.638. The molecular weight excluding hydrogens is 240 g/mol. The lowest BCUT2D eigenvalue weighted by Gasteiger charge is -2.08. The Bertz CT molecular complexity index is 302. The van der Waals surface area contributed by atoms with Crippen molar-refractivity contribution in [3.05, 3.63) is 24.3 Å². The largest absolute Gasteiger partial charge is 0.497 e. The van der Waals surface area contributed by atoms with Gasteiger partial charge in [0.25, 0.3) is 0 Å². The molecule has 0 aliphatic carbocycles. The third kappa shape index (κ3) is 5.81. The number of aliphatic hydroxyl groups is 2. The highest BCUT2D eigenvalue weighted by Crippen LogP contribution is 2.17. The van der Waals surface area contributed by atoms with Crippen LogP contribution in [0.4, 0.5) is 0 Å². The van der Waals surface area contributed by atoms with Gasteiger partial charge >= 0.3 is 0 Å². The van der Waals surface area contributed by atoms with Crippen LogP contribution in [0.5, 0.6) is 11.5 Å². The molecule has 0 radical (unpaired) electrons. The van der Waals surface area contributed by atoms with Gasteiger partial charge in [0.05, 0.1) is 26.4 Å². The number of methoxy groups -OCH3 is 1. The summed E-state index contributed by atoms with van der Waals surface area (Å²) in [6, 6.07) is 7.40. The highest BCUT2D eigenvalue weighted by atomic mass is 32.2. The molecule has 0 spiro atoms. The molecular formula is C12H18O4S. The summed E-state index contributed by atoms with van der Waals surface area (Å²) in [6.45, 7) is 0.390. The quantitative estimate of drug-likeness (QED) is 0.685. The third-order valence-electron chi connectivity index (χ3n) is 2.08. The van der Waals surface area contributed by atoms with Crippen molar-refractivity contribution in [3.63, 3.8) is 0 Å². The first-order valence-corrected chi connectivity index (χ1v) is 6.55. The molecule has 1 aromatic carbocycles. The van der Waals surface area contributed by atoms with Crippen molar-refractivity contribution in [2.24, 2.45) is 0 Å². The molecule has 1 rings (SSSR count). The van der Waals surface area contributed by atoms with Gasteiger partial charge in [-0.3, -0.25) is 0 Å². The normalized spacial score (nSPS) is 12.2. The lowest BCUT2D eigenvalue weighted by atomic mass is 10.3. The number of ether oxygens (including phenoxy) is 2. The van der Waals surface area contributed by atoms with Crippen molar-refractivity contribution in [1.29, 1.82) is 0 Å². The molecule has 0 aliphatic heterocycles. The molecule has 0 aliphatic rings. The molecule has 0 heterocycles. The average molecular weight is 258 g/mol. The van der Waals surface area contributed by atoms with E-state index in [1.807, 2.05) is 24.3 Å². The Morgan fingerprint density at radius 2 is 1.88 bits per heavy atom. The molecule has 17 heavy (non-hydrogen) atoms. The summed E-state index contributed by atoms with van der Waals surface area (Å²) < 4.78 is 10.5. The SMILES string of the molecule is COc1ccc(OCCSCC(O)CO)cc1. The molecule has 96 valence electrons. The summed E-state index contributed by atoms with van der Waals surface area (Å²) in [5.74, 6) is 2.91. The van der Waals surface area contributed by atoms with Gasteiger partial charge in [-0.2, -0.15) is 11.8 Å². The van der Waals surface area contributed by atoms with Gasteiger partial charge in [0.15, 0.2) is 0 Å². The van der Waals surface area contributed by atoms with Crippen molar-refractivity contribution in [3.8, 4) is 11.5 Å². The van der Waals surface area contributed by atoms with E-state index in [-0.39, 0.29) is 6.61 Å². The number of aliphatic hydroxyl groups excluding tert-OH is 2. The second-order valence-electron chi connectivity index (χ2n) is 3.44. The minimum absolute atomic E-state index is 0.188. The Kier molecular flexibility index (Phi) is 6.84. The summed E-state index contributed by atoms with van der Waals surface area (Å²) in [5.41, 5.74) is 0. The first-order chi connectivity index (χ1) is 8.26. The van der Waals surface area contributed by atoms with Crippen LogP contribution in [-0.4, -0.2) is 48.1 Å². The molecule has 5 heteroatoms. The fourth-order valence-electron chi connectivity index (χ4n) is 1.16. The van der Waals surface area contributed by atoms with Crippen molar-refractivity contribution in [2.75, 3.05) is 31.8 Å². The van der Waals surface area contributed by atoms with Crippen LogP contribution >= 0.6 is 11.8 Å². The summed E-state index contributed by atoms with van der Waals surface area (Å²) in [6.07, 6.45) is -0.638. The van der Waals surface area contributed by atoms with Crippen molar-refractivity contribution in [1.82, 2.24) is 0 Å². The zero-order chi connectivity index (χ0) is 12.5. The zero-order valence-electron chi connectivity index (χ0n) is 9.83. The van der Waals surface area contributed by atoms with Crippen LogP contribution in [0.15, 0.2) is 24.3 Å². The summed E-state index contributed by atoms with van der Waals surface area (Å²) in [7, 11) is 1.62. The second-order valence-corrected chi connectivity index (χ2v) is 4.59. The Morgan fingerprint density at radius 3 is 2.47 bits per heavy atom.